The van der Waals surface area contributed by atoms with Gasteiger partial charge in [0, 0.05) is 37.5 Å². The first-order chi connectivity index (χ1) is 9.74. The van der Waals surface area contributed by atoms with Gasteiger partial charge in [-0.2, -0.15) is 5.10 Å². The third-order valence-electron chi connectivity index (χ3n) is 3.68. The third-order valence-corrected chi connectivity index (χ3v) is 3.68. The lowest BCUT2D eigenvalue weighted by atomic mass is 9.92. The zero-order chi connectivity index (χ0) is 13.9. The van der Waals surface area contributed by atoms with E-state index in [1.807, 2.05) is 19.2 Å². The highest BCUT2D eigenvalue weighted by Crippen LogP contribution is 2.34. The molecule has 106 valence electrons. The zero-order valence-corrected chi connectivity index (χ0v) is 11.9. The highest BCUT2D eigenvalue weighted by molar-refractivity contribution is 5.37. The van der Waals surface area contributed by atoms with Gasteiger partial charge in [0.05, 0.1) is 6.61 Å². The summed E-state index contributed by atoms with van der Waals surface area (Å²) in [6.07, 6.45) is 2.58. The predicted molar refractivity (Wildman–Crippen MR) is 76.6 cm³/mol. The smallest absolute Gasteiger partial charge is 0.151 e. The molecule has 5 heteroatoms. The van der Waals surface area contributed by atoms with E-state index in [9.17, 15) is 0 Å². The second-order valence-electron chi connectivity index (χ2n) is 5.34. The van der Waals surface area contributed by atoms with Crippen molar-refractivity contribution in [1.29, 1.82) is 0 Å². The van der Waals surface area contributed by atoms with Crippen LogP contribution in [0.1, 0.15) is 24.4 Å². The van der Waals surface area contributed by atoms with Crippen LogP contribution in [0.2, 0.25) is 0 Å². The number of ether oxygens (including phenoxy) is 1. The van der Waals surface area contributed by atoms with E-state index in [4.69, 9.17) is 4.74 Å². The van der Waals surface area contributed by atoms with Crippen LogP contribution < -0.4 is 10.1 Å². The Kier molecular flexibility index (Phi) is 3.69. The highest BCUT2D eigenvalue weighted by Gasteiger charge is 2.26. The molecule has 1 aliphatic heterocycles. The number of fused-ring (bicyclic) bond motifs is 1. The van der Waals surface area contributed by atoms with Crippen LogP contribution in [0.5, 0.6) is 5.75 Å². The van der Waals surface area contributed by atoms with Crippen LogP contribution in [0.25, 0.3) is 0 Å². The van der Waals surface area contributed by atoms with Gasteiger partial charge in [-0.3, -0.25) is 4.68 Å². The quantitative estimate of drug-likeness (QED) is 0.920. The molecule has 1 aromatic carbocycles. The molecule has 0 amide bonds. The maximum Gasteiger partial charge on any atom is 0.151 e. The lowest BCUT2D eigenvalue weighted by Gasteiger charge is -2.32. The summed E-state index contributed by atoms with van der Waals surface area (Å²) < 4.78 is 7.50. The summed E-state index contributed by atoms with van der Waals surface area (Å²) in [6.45, 7) is 3.84. The van der Waals surface area contributed by atoms with Crippen LogP contribution in [0.4, 0.5) is 0 Å². The van der Waals surface area contributed by atoms with Gasteiger partial charge in [0.25, 0.3) is 0 Å². The molecule has 2 heterocycles. The normalized spacial score (nSPS) is 21.3. The van der Waals surface area contributed by atoms with Crippen molar-refractivity contribution >= 4 is 0 Å². The summed E-state index contributed by atoms with van der Waals surface area (Å²) in [6, 6.07) is 8.60. The van der Waals surface area contributed by atoms with E-state index < -0.39 is 0 Å². The molecule has 0 spiro atoms. The molecule has 20 heavy (non-hydrogen) atoms. The summed E-state index contributed by atoms with van der Waals surface area (Å²) in [4.78, 5) is 4.25. The van der Waals surface area contributed by atoms with E-state index in [0.717, 1.165) is 31.1 Å². The molecule has 0 saturated heterocycles. The first-order valence-electron chi connectivity index (χ1n) is 7.03. The monoisotopic (exact) mass is 272 g/mol. The summed E-state index contributed by atoms with van der Waals surface area (Å²) >= 11 is 0. The van der Waals surface area contributed by atoms with Crippen LogP contribution in [-0.4, -0.2) is 27.9 Å². The van der Waals surface area contributed by atoms with Gasteiger partial charge in [-0.05, 0) is 6.07 Å². The molecule has 0 radical (unpaired) electrons. The molecule has 0 saturated carbocycles. The van der Waals surface area contributed by atoms with E-state index in [0.29, 0.717) is 12.0 Å². The number of hydrogen-bond donors (Lipinski definition) is 1. The summed E-state index contributed by atoms with van der Waals surface area (Å²) in [5.74, 6) is 2.34. The van der Waals surface area contributed by atoms with Crippen molar-refractivity contribution in [3.8, 4) is 5.75 Å². The topological polar surface area (TPSA) is 52.0 Å². The average Bonchev–Trinajstić information content (AvgIpc) is 2.87. The predicted octanol–water partition coefficient (Wildman–Crippen LogP) is 1.72. The van der Waals surface area contributed by atoms with Crippen LogP contribution in [-0.2, 0) is 13.5 Å². The largest absolute Gasteiger partial charge is 0.493 e. The number of aromatic nitrogens is 3. The van der Waals surface area contributed by atoms with Crippen LogP contribution in [0.3, 0.4) is 0 Å². The summed E-state index contributed by atoms with van der Waals surface area (Å²) in [5.41, 5.74) is 1.25. The molecule has 2 aromatic rings. The van der Waals surface area contributed by atoms with Crippen molar-refractivity contribution in [1.82, 2.24) is 20.1 Å². The van der Waals surface area contributed by atoms with Crippen molar-refractivity contribution in [3.05, 3.63) is 42.0 Å². The number of para-hydroxylation sites is 1. The van der Waals surface area contributed by atoms with Crippen LogP contribution >= 0.6 is 0 Å². The van der Waals surface area contributed by atoms with Crippen molar-refractivity contribution < 1.29 is 4.74 Å². The van der Waals surface area contributed by atoms with Gasteiger partial charge < -0.3 is 10.1 Å². The van der Waals surface area contributed by atoms with E-state index in [1.54, 1.807) is 11.0 Å². The Hall–Kier alpha value is -1.88. The number of aryl methyl sites for hydroxylation is 1. The minimum absolute atomic E-state index is 0.337. The third kappa shape index (κ3) is 2.67. The van der Waals surface area contributed by atoms with Crippen molar-refractivity contribution in [2.75, 3.05) is 13.2 Å². The lowest BCUT2D eigenvalue weighted by molar-refractivity contribution is 0.189. The maximum absolute atomic E-state index is 5.77. The standard InChI is InChI=1S/C15H20N4O/c1-11-9-20-13-6-4-3-5-12(13)15(11)16-8-7-14-17-10-19(2)18-14/h3-6,10-11,15-16H,7-9H2,1-2H3. The Morgan fingerprint density at radius 1 is 1.40 bits per heavy atom. The molecule has 0 aliphatic carbocycles. The van der Waals surface area contributed by atoms with E-state index in [2.05, 4.69) is 34.5 Å². The minimum atomic E-state index is 0.337. The van der Waals surface area contributed by atoms with Gasteiger partial charge in [0.1, 0.15) is 12.1 Å². The minimum Gasteiger partial charge on any atom is -0.493 e. The Morgan fingerprint density at radius 2 is 2.25 bits per heavy atom. The van der Waals surface area contributed by atoms with Gasteiger partial charge in [-0.1, -0.05) is 25.1 Å². The highest BCUT2D eigenvalue weighted by atomic mass is 16.5. The van der Waals surface area contributed by atoms with E-state index >= 15 is 0 Å². The molecular formula is C15H20N4O. The Labute approximate surface area is 119 Å². The number of rotatable bonds is 4. The molecular weight excluding hydrogens is 252 g/mol. The molecule has 2 atom stereocenters. The molecule has 0 bridgehead atoms. The molecule has 0 fully saturated rings. The Bertz CT molecular complexity index is 581. The van der Waals surface area contributed by atoms with Gasteiger partial charge >= 0.3 is 0 Å². The fraction of sp³-hybridized carbons (Fsp3) is 0.467. The summed E-state index contributed by atoms with van der Waals surface area (Å²) in [5, 5.41) is 7.91. The lowest BCUT2D eigenvalue weighted by Crippen LogP contribution is -2.35. The molecule has 1 aliphatic rings. The van der Waals surface area contributed by atoms with Crippen molar-refractivity contribution in [3.63, 3.8) is 0 Å². The van der Waals surface area contributed by atoms with Gasteiger partial charge in [-0.15, -0.1) is 0 Å². The van der Waals surface area contributed by atoms with E-state index in [1.165, 1.54) is 5.56 Å². The molecule has 3 rings (SSSR count). The fourth-order valence-electron chi connectivity index (χ4n) is 2.64. The molecule has 1 N–H and O–H groups in total. The zero-order valence-electron chi connectivity index (χ0n) is 11.9. The second kappa shape index (κ2) is 5.63. The van der Waals surface area contributed by atoms with Crippen LogP contribution in [0.15, 0.2) is 30.6 Å². The van der Waals surface area contributed by atoms with Gasteiger partial charge in [0.15, 0.2) is 5.82 Å². The Morgan fingerprint density at radius 3 is 3.05 bits per heavy atom. The average molecular weight is 272 g/mol. The van der Waals surface area contributed by atoms with E-state index in [-0.39, 0.29) is 0 Å². The Balaban J connectivity index is 1.64. The number of benzene rings is 1. The maximum atomic E-state index is 5.77. The number of nitrogens with one attached hydrogen (secondary N) is 1. The first-order valence-corrected chi connectivity index (χ1v) is 7.03. The number of hydrogen-bond acceptors (Lipinski definition) is 4. The summed E-state index contributed by atoms with van der Waals surface area (Å²) in [7, 11) is 1.89. The molecule has 1 aromatic heterocycles. The fourth-order valence-corrected chi connectivity index (χ4v) is 2.64. The van der Waals surface area contributed by atoms with Gasteiger partial charge in [-0.25, -0.2) is 4.98 Å². The SMILES string of the molecule is CC1COc2ccccc2C1NCCc1ncn(C)n1. The van der Waals surface area contributed by atoms with Gasteiger partial charge in [0.2, 0.25) is 0 Å². The first kappa shape index (κ1) is 13.1. The van der Waals surface area contributed by atoms with Crippen LogP contribution in [0, 0.1) is 5.92 Å². The van der Waals surface area contributed by atoms with Crippen molar-refractivity contribution in [2.45, 2.75) is 19.4 Å². The molecule has 2 unspecified atom stereocenters. The van der Waals surface area contributed by atoms with Crippen molar-refractivity contribution in [2.24, 2.45) is 13.0 Å². The second-order valence-corrected chi connectivity index (χ2v) is 5.34. The molecule has 5 nitrogen and oxygen atoms in total. The number of nitrogens with zero attached hydrogens (tertiary/aromatic N) is 3.